The molecule has 0 heterocycles. The number of nitrogens with one attached hydrogen (secondary N) is 1. The average molecular weight is 757 g/mol. The molecule has 0 aliphatic rings. The summed E-state index contributed by atoms with van der Waals surface area (Å²) in [6.07, 6.45) is 44.6. The summed E-state index contributed by atoms with van der Waals surface area (Å²) in [5.41, 5.74) is 5.38. The van der Waals surface area contributed by atoms with Gasteiger partial charge in [-0.2, -0.15) is 0 Å². The van der Waals surface area contributed by atoms with Crippen LogP contribution in [0.4, 0.5) is 0 Å². The van der Waals surface area contributed by atoms with Gasteiger partial charge in [-0.3, -0.25) is 13.8 Å². The quantitative estimate of drug-likeness (QED) is 0.0277. The summed E-state index contributed by atoms with van der Waals surface area (Å²) >= 11 is 0. The first-order chi connectivity index (χ1) is 25.4. The van der Waals surface area contributed by atoms with Gasteiger partial charge in [0.2, 0.25) is 5.91 Å². The fourth-order valence-corrected chi connectivity index (χ4v) is 7.22. The lowest BCUT2D eigenvalue weighted by Gasteiger charge is -2.25. The largest absolute Gasteiger partial charge is 0.472 e. The van der Waals surface area contributed by atoms with Crippen molar-refractivity contribution < 1.29 is 28.4 Å². The maximum Gasteiger partial charge on any atom is 0.472 e. The molecule has 3 atom stereocenters. The van der Waals surface area contributed by atoms with E-state index in [-0.39, 0.29) is 25.7 Å². The predicted octanol–water partition coefficient (Wildman–Crippen LogP) is 12.2. The zero-order valence-corrected chi connectivity index (χ0v) is 35.0. The number of rotatable bonds is 41. The van der Waals surface area contributed by atoms with Crippen molar-refractivity contribution in [1.82, 2.24) is 5.32 Å². The highest BCUT2D eigenvalue weighted by Crippen LogP contribution is 2.43. The molecule has 0 saturated heterocycles. The van der Waals surface area contributed by atoms with E-state index in [1.165, 1.54) is 135 Å². The smallest absolute Gasteiger partial charge is 0.391 e. The molecule has 0 aliphatic carbocycles. The molecule has 0 aromatic heterocycles. The van der Waals surface area contributed by atoms with Crippen LogP contribution in [0, 0.1) is 0 Å². The summed E-state index contributed by atoms with van der Waals surface area (Å²) in [6, 6.07) is -0.776. The maximum absolute atomic E-state index is 12.8. The van der Waals surface area contributed by atoms with E-state index >= 15 is 0 Å². The average Bonchev–Trinajstić information content (AvgIpc) is 3.13. The van der Waals surface area contributed by atoms with Gasteiger partial charge in [0.25, 0.3) is 0 Å². The van der Waals surface area contributed by atoms with Crippen LogP contribution in [0.25, 0.3) is 0 Å². The van der Waals surface area contributed by atoms with Crippen molar-refractivity contribution in [3.05, 3.63) is 24.3 Å². The first-order valence-electron chi connectivity index (χ1n) is 22.0. The molecule has 9 heteroatoms. The van der Waals surface area contributed by atoms with Crippen LogP contribution in [-0.4, -0.2) is 47.8 Å². The van der Waals surface area contributed by atoms with Crippen LogP contribution in [0.2, 0.25) is 0 Å². The molecule has 8 nitrogen and oxygen atoms in total. The zero-order chi connectivity index (χ0) is 38.2. The van der Waals surface area contributed by atoms with Gasteiger partial charge in [-0.15, -0.1) is 0 Å². The molecule has 3 unspecified atom stereocenters. The Morgan fingerprint density at radius 2 is 1.06 bits per heavy atom. The van der Waals surface area contributed by atoms with Gasteiger partial charge in [0.15, 0.2) is 0 Å². The number of aliphatic hydroxyl groups is 1. The number of hydrogen-bond acceptors (Lipinski definition) is 6. The summed E-state index contributed by atoms with van der Waals surface area (Å²) < 4.78 is 22.2. The van der Waals surface area contributed by atoms with Gasteiger partial charge < -0.3 is 21.1 Å². The summed E-state index contributed by atoms with van der Waals surface area (Å²) in [6.45, 7) is 4.19. The Labute approximate surface area is 321 Å². The van der Waals surface area contributed by atoms with Gasteiger partial charge >= 0.3 is 7.82 Å². The minimum absolute atomic E-state index is 0.0879. The zero-order valence-electron chi connectivity index (χ0n) is 34.1. The van der Waals surface area contributed by atoms with Crippen molar-refractivity contribution in [3.63, 3.8) is 0 Å². The molecule has 5 N–H and O–H groups in total. The van der Waals surface area contributed by atoms with Crippen LogP contribution in [0.1, 0.15) is 213 Å². The van der Waals surface area contributed by atoms with Crippen molar-refractivity contribution in [2.75, 3.05) is 19.8 Å². The Hall–Kier alpha value is -1.02. The van der Waals surface area contributed by atoms with Crippen LogP contribution >= 0.6 is 7.82 Å². The second kappa shape index (κ2) is 39.7. The van der Waals surface area contributed by atoms with Gasteiger partial charge in [0.1, 0.15) is 0 Å². The van der Waals surface area contributed by atoms with Crippen molar-refractivity contribution in [2.24, 2.45) is 5.73 Å². The molecule has 0 aromatic carbocycles. The highest BCUT2D eigenvalue weighted by molar-refractivity contribution is 7.47. The Kier molecular flexibility index (Phi) is 38.9. The Morgan fingerprint density at radius 3 is 1.54 bits per heavy atom. The van der Waals surface area contributed by atoms with Crippen LogP contribution < -0.4 is 11.1 Å². The van der Waals surface area contributed by atoms with E-state index in [0.717, 1.165) is 51.4 Å². The molecule has 1 amide bonds. The lowest BCUT2D eigenvalue weighted by molar-refractivity contribution is -0.123. The SMILES string of the molecule is CCCCCC/C=C\C/C=C\CCCCCCCCCC(=O)NC(COP(=O)(O)OCCN)C(O)CCCCCCCCCCCCCCCCC. The molecule has 0 aromatic rings. The maximum atomic E-state index is 12.8. The topological polar surface area (TPSA) is 131 Å². The number of aliphatic hydroxyl groups excluding tert-OH is 1. The molecule has 0 saturated carbocycles. The van der Waals surface area contributed by atoms with E-state index < -0.39 is 20.0 Å². The second-order valence-electron chi connectivity index (χ2n) is 14.9. The fourth-order valence-electron chi connectivity index (χ4n) is 6.46. The summed E-state index contributed by atoms with van der Waals surface area (Å²) in [4.78, 5) is 22.7. The Morgan fingerprint density at radius 1 is 0.635 bits per heavy atom. The first kappa shape index (κ1) is 51.0. The van der Waals surface area contributed by atoms with Crippen molar-refractivity contribution in [1.29, 1.82) is 0 Å². The van der Waals surface area contributed by atoms with E-state index in [4.69, 9.17) is 14.8 Å². The lowest BCUT2D eigenvalue weighted by atomic mass is 10.0. The van der Waals surface area contributed by atoms with E-state index in [2.05, 4.69) is 43.5 Å². The van der Waals surface area contributed by atoms with Gasteiger partial charge in [0, 0.05) is 13.0 Å². The van der Waals surface area contributed by atoms with E-state index in [1.54, 1.807) is 0 Å². The van der Waals surface area contributed by atoms with Gasteiger partial charge in [-0.25, -0.2) is 4.57 Å². The fraction of sp³-hybridized carbons (Fsp3) is 0.884. The van der Waals surface area contributed by atoms with Crippen molar-refractivity contribution in [2.45, 2.75) is 225 Å². The summed E-state index contributed by atoms with van der Waals surface area (Å²) in [7, 11) is -4.31. The van der Waals surface area contributed by atoms with Crippen LogP contribution in [0.3, 0.4) is 0 Å². The number of carbonyl (C=O) groups excluding carboxylic acids is 1. The number of amides is 1. The Balaban J connectivity index is 4.16. The third-order valence-corrected chi connectivity index (χ3v) is 10.8. The number of unbranched alkanes of at least 4 members (excludes halogenated alkanes) is 25. The number of phosphoric ester groups is 1. The van der Waals surface area contributed by atoms with Crippen LogP contribution in [-0.2, 0) is 18.4 Å². The number of phosphoric acid groups is 1. The van der Waals surface area contributed by atoms with Gasteiger partial charge in [-0.05, 0) is 44.9 Å². The summed E-state index contributed by atoms with van der Waals surface area (Å²) in [5.74, 6) is -0.169. The Bertz CT molecular complexity index is 871. The van der Waals surface area contributed by atoms with Crippen molar-refractivity contribution >= 4 is 13.7 Å². The van der Waals surface area contributed by atoms with E-state index in [0.29, 0.717) is 12.8 Å². The van der Waals surface area contributed by atoms with Gasteiger partial charge in [0.05, 0.1) is 25.4 Å². The van der Waals surface area contributed by atoms with Crippen LogP contribution in [0.5, 0.6) is 0 Å². The second-order valence-corrected chi connectivity index (χ2v) is 16.4. The first-order valence-corrected chi connectivity index (χ1v) is 23.4. The molecule has 0 radical (unpaired) electrons. The molecular weight excluding hydrogens is 671 g/mol. The highest BCUT2D eigenvalue weighted by Gasteiger charge is 2.27. The molecule has 308 valence electrons. The predicted molar refractivity (Wildman–Crippen MR) is 221 cm³/mol. The third kappa shape index (κ3) is 37.3. The normalized spacial score (nSPS) is 14.3. The number of carbonyl (C=O) groups is 1. The monoisotopic (exact) mass is 757 g/mol. The lowest BCUT2D eigenvalue weighted by Crippen LogP contribution is -2.46. The van der Waals surface area contributed by atoms with E-state index in [9.17, 15) is 19.4 Å². The standard InChI is InChI=1S/C43H85N2O6P/c1-3-5-7-9-11-13-15-17-19-20-21-23-25-27-29-31-33-35-37-43(47)45-41(40-51-52(48,49)50-39-38-44)42(46)36-34-32-30-28-26-24-22-18-16-14-12-10-8-6-4-2/h13,15,19-20,41-42,46H,3-12,14,16-18,21-40,44H2,1-2H3,(H,45,47)(H,48,49)/b15-13-,20-19-. The molecule has 0 aliphatic heterocycles. The van der Waals surface area contributed by atoms with Crippen molar-refractivity contribution in [3.8, 4) is 0 Å². The minimum Gasteiger partial charge on any atom is -0.391 e. The molecule has 0 bridgehead atoms. The van der Waals surface area contributed by atoms with Crippen LogP contribution in [0.15, 0.2) is 24.3 Å². The number of nitrogens with two attached hydrogens (primary N) is 1. The highest BCUT2D eigenvalue weighted by atomic mass is 31.2. The molecule has 0 rings (SSSR count). The molecule has 52 heavy (non-hydrogen) atoms. The number of allylic oxidation sites excluding steroid dienone is 4. The molecule has 0 spiro atoms. The summed E-state index contributed by atoms with van der Waals surface area (Å²) in [5, 5.41) is 13.8. The third-order valence-electron chi connectivity index (χ3n) is 9.81. The molecular formula is C43H85N2O6P. The minimum atomic E-state index is -4.31. The van der Waals surface area contributed by atoms with Gasteiger partial charge in [-0.1, -0.05) is 186 Å². The number of hydrogen-bond donors (Lipinski definition) is 4. The van der Waals surface area contributed by atoms with E-state index in [1.807, 2.05) is 0 Å². The molecule has 0 fully saturated rings.